The van der Waals surface area contributed by atoms with Gasteiger partial charge in [-0.25, -0.2) is 9.78 Å². The second kappa shape index (κ2) is 7.01. The second-order valence-corrected chi connectivity index (χ2v) is 7.29. The van der Waals surface area contributed by atoms with Gasteiger partial charge in [-0.15, -0.1) is 10.2 Å². The predicted molar refractivity (Wildman–Crippen MR) is 105 cm³/mol. The average Bonchev–Trinajstić information content (AvgIpc) is 3.32. The molecule has 0 unspecified atom stereocenters. The number of halogens is 2. The molecule has 2 aromatic carbocycles. The number of benzene rings is 2. The van der Waals surface area contributed by atoms with Gasteiger partial charge in [-0.05, 0) is 56.3 Å². The van der Waals surface area contributed by atoms with Crippen LogP contribution >= 0.6 is 0 Å². The minimum atomic E-state index is -3.08. The van der Waals surface area contributed by atoms with E-state index in [0.29, 0.717) is 22.2 Å². The molecule has 0 atom stereocenters. The lowest BCUT2D eigenvalue weighted by molar-refractivity contribution is 0.00367. The van der Waals surface area contributed by atoms with Gasteiger partial charge in [0.1, 0.15) is 0 Å². The zero-order valence-electron chi connectivity index (χ0n) is 16.4. The van der Waals surface area contributed by atoms with Crippen molar-refractivity contribution in [3.05, 3.63) is 53.9 Å². The van der Waals surface area contributed by atoms with Crippen LogP contribution in [0.1, 0.15) is 43.0 Å². The largest absolute Gasteiger partial charge is 0.478 e. The zero-order valence-corrected chi connectivity index (χ0v) is 16.4. The maximum atomic E-state index is 14.0. The van der Waals surface area contributed by atoms with Crippen LogP contribution in [-0.2, 0) is 5.92 Å². The first-order valence-electron chi connectivity index (χ1n) is 9.23. The van der Waals surface area contributed by atoms with E-state index in [1.165, 1.54) is 16.7 Å². The third-order valence-electron chi connectivity index (χ3n) is 4.65. The second-order valence-electron chi connectivity index (χ2n) is 7.29. The van der Waals surface area contributed by atoms with Gasteiger partial charge in [0.25, 0.3) is 0 Å². The Morgan fingerprint density at radius 1 is 1.07 bits per heavy atom. The van der Waals surface area contributed by atoms with E-state index < -0.39 is 11.9 Å². The Morgan fingerprint density at radius 2 is 1.67 bits per heavy atom. The first-order valence-corrected chi connectivity index (χ1v) is 9.23. The average molecular weight is 412 g/mol. The molecule has 0 aliphatic heterocycles. The van der Waals surface area contributed by atoms with Crippen molar-refractivity contribution in [1.29, 1.82) is 0 Å². The summed E-state index contributed by atoms with van der Waals surface area (Å²) in [6.45, 7) is 4.47. The maximum Gasteiger partial charge on any atom is 0.335 e. The van der Waals surface area contributed by atoms with E-state index in [2.05, 4.69) is 15.2 Å². The first kappa shape index (κ1) is 19.7. The van der Waals surface area contributed by atoms with Crippen molar-refractivity contribution in [2.45, 2.75) is 32.7 Å². The molecule has 154 valence electrons. The molecule has 0 aliphatic rings. The molecule has 0 amide bonds. The molecule has 2 heterocycles. The fourth-order valence-electron chi connectivity index (χ4n) is 3.28. The van der Waals surface area contributed by atoms with E-state index >= 15 is 0 Å². The van der Waals surface area contributed by atoms with E-state index in [0.717, 1.165) is 6.92 Å². The summed E-state index contributed by atoms with van der Waals surface area (Å²) in [5, 5.41) is 17.0. The number of alkyl halides is 2. The Morgan fingerprint density at radius 3 is 2.23 bits per heavy atom. The van der Waals surface area contributed by atoms with Crippen LogP contribution < -0.4 is 0 Å². The number of fused-ring (bicyclic) bond motifs is 1. The molecule has 0 spiro atoms. The first-order chi connectivity index (χ1) is 14.1. The number of aromatic nitrogens is 4. The van der Waals surface area contributed by atoms with Crippen LogP contribution in [0.4, 0.5) is 8.78 Å². The summed E-state index contributed by atoms with van der Waals surface area (Å²) in [6.07, 6.45) is 0. The Balaban J connectivity index is 1.73. The smallest absolute Gasteiger partial charge is 0.335 e. The summed E-state index contributed by atoms with van der Waals surface area (Å²) in [5.74, 6) is -3.98. The fraction of sp³-hybridized carbons (Fsp3) is 0.238. The number of imidazole rings is 1. The third-order valence-corrected chi connectivity index (χ3v) is 4.65. The normalized spacial score (nSPS) is 12.1. The molecule has 30 heavy (non-hydrogen) atoms. The molecule has 0 saturated heterocycles. The molecule has 4 rings (SSSR count). The van der Waals surface area contributed by atoms with Crippen molar-refractivity contribution < 1.29 is 23.1 Å². The molecule has 9 heteroatoms. The molecule has 0 bridgehead atoms. The van der Waals surface area contributed by atoms with E-state index in [1.807, 2.05) is 13.8 Å². The molecule has 7 nitrogen and oxygen atoms in total. The topological polar surface area (TPSA) is 94.0 Å². The van der Waals surface area contributed by atoms with Gasteiger partial charge in [-0.1, -0.05) is 0 Å². The van der Waals surface area contributed by atoms with Gasteiger partial charge in [-0.3, -0.25) is 0 Å². The standard InChI is InChI=1S/C21H18F2N4O3/c1-11(2)27-16-9-8-14(10-15(16)24-20(27)21(3,22)23)18-26-25-17(30-18)12-4-6-13(7-5-12)19(28)29/h4-11H,1-3H3,(H,28,29). The summed E-state index contributed by atoms with van der Waals surface area (Å²) in [6, 6.07) is 10.9. The molecule has 4 aromatic rings. The Kier molecular flexibility index (Phi) is 4.60. The summed E-state index contributed by atoms with van der Waals surface area (Å²) in [4.78, 5) is 15.1. The number of carboxylic acid groups (broad SMARTS) is 1. The maximum absolute atomic E-state index is 14.0. The Bertz CT molecular complexity index is 1240. The van der Waals surface area contributed by atoms with Crippen LogP contribution in [-0.4, -0.2) is 30.8 Å². The highest BCUT2D eigenvalue weighted by molar-refractivity contribution is 5.88. The van der Waals surface area contributed by atoms with E-state index in [-0.39, 0.29) is 29.2 Å². The van der Waals surface area contributed by atoms with Crippen LogP contribution in [0.5, 0.6) is 0 Å². The van der Waals surface area contributed by atoms with Gasteiger partial charge in [0.15, 0.2) is 5.82 Å². The van der Waals surface area contributed by atoms with Gasteiger partial charge in [0.05, 0.1) is 16.6 Å². The highest BCUT2D eigenvalue weighted by atomic mass is 19.3. The minimum Gasteiger partial charge on any atom is -0.478 e. The van der Waals surface area contributed by atoms with Crippen molar-refractivity contribution >= 4 is 17.0 Å². The Labute approximate surface area is 170 Å². The predicted octanol–water partition coefficient (Wildman–Crippen LogP) is 5.14. The minimum absolute atomic E-state index is 0.146. The van der Waals surface area contributed by atoms with Crippen LogP contribution in [0.25, 0.3) is 33.9 Å². The summed E-state index contributed by atoms with van der Waals surface area (Å²) < 4.78 is 35.3. The van der Waals surface area contributed by atoms with Crippen LogP contribution in [0.3, 0.4) is 0 Å². The van der Waals surface area contributed by atoms with Gasteiger partial charge in [0.2, 0.25) is 11.8 Å². The lowest BCUT2D eigenvalue weighted by Gasteiger charge is -2.16. The summed E-state index contributed by atoms with van der Waals surface area (Å²) >= 11 is 0. The number of hydrogen-bond acceptors (Lipinski definition) is 5. The molecule has 0 aliphatic carbocycles. The highest BCUT2D eigenvalue weighted by Crippen LogP contribution is 2.34. The van der Waals surface area contributed by atoms with Gasteiger partial charge < -0.3 is 14.1 Å². The van der Waals surface area contributed by atoms with Gasteiger partial charge >= 0.3 is 11.9 Å². The Hall–Kier alpha value is -3.62. The van der Waals surface area contributed by atoms with E-state index in [4.69, 9.17) is 9.52 Å². The molecular formula is C21H18F2N4O3. The number of rotatable bonds is 5. The van der Waals surface area contributed by atoms with Crippen LogP contribution in [0, 0.1) is 0 Å². The summed E-state index contributed by atoms with van der Waals surface area (Å²) in [7, 11) is 0. The molecule has 1 N–H and O–H groups in total. The lowest BCUT2D eigenvalue weighted by atomic mass is 10.1. The molecule has 2 aromatic heterocycles. The molecule has 0 saturated carbocycles. The van der Waals surface area contributed by atoms with E-state index in [9.17, 15) is 13.6 Å². The van der Waals surface area contributed by atoms with E-state index in [1.54, 1.807) is 30.3 Å². The van der Waals surface area contributed by atoms with Crippen molar-refractivity contribution in [3.8, 4) is 22.9 Å². The number of aromatic carboxylic acids is 1. The quantitative estimate of drug-likeness (QED) is 0.488. The summed E-state index contributed by atoms with van der Waals surface area (Å²) in [5.41, 5.74) is 2.25. The van der Waals surface area contributed by atoms with Crippen molar-refractivity contribution in [1.82, 2.24) is 19.7 Å². The number of nitrogens with zero attached hydrogens (tertiary/aromatic N) is 4. The van der Waals surface area contributed by atoms with Crippen molar-refractivity contribution in [3.63, 3.8) is 0 Å². The molecule has 0 fully saturated rings. The fourth-order valence-corrected chi connectivity index (χ4v) is 3.28. The van der Waals surface area contributed by atoms with Crippen LogP contribution in [0.2, 0.25) is 0 Å². The number of hydrogen-bond donors (Lipinski definition) is 1. The van der Waals surface area contributed by atoms with Crippen molar-refractivity contribution in [2.75, 3.05) is 0 Å². The number of carboxylic acids is 1. The van der Waals surface area contributed by atoms with Crippen LogP contribution in [0.15, 0.2) is 46.9 Å². The monoisotopic (exact) mass is 412 g/mol. The third kappa shape index (κ3) is 3.42. The molecular weight excluding hydrogens is 394 g/mol. The lowest BCUT2D eigenvalue weighted by Crippen LogP contribution is -2.17. The number of carbonyl (C=O) groups is 1. The molecule has 0 radical (unpaired) electrons. The zero-order chi connectivity index (χ0) is 21.6. The highest BCUT2D eigenvalue weighted by Gasteiger charge is 2.32. The SMILES string of the molecule is CC(C)n1c(C(C)(F)F)nc2cc(-c3nnc(-c4ccc(C(=O)O)cc4)o3)ccc21. The van der Waals surface area contributed by atoms with Gasteiger partial charge in [0, 0.05) is 24.1 Å². The van der Waals surface area contributed by atoms with Crippen molar-refractivity contribution in [2.24, 2.45) is 0 Å². The van der Waals surface area contributed by atoms with Gasteiger partial charge in [-0.2, -0.15) is 8.78 Å².